The highest BCUT2D eigenvalue weighted by atomic mass is 35.5. The van der Waals surface area contributed by atoms with Gasteiger partial charge >= 0.3 is 0 Å². The molecule has 0 aliphatic rings. The van der Waals surface area contributed by atoms with Crippen LogP contribution >= 0.6 is 11.6 Å². The third-order valence-electron chi connectivity index (χ3n) is 3.94. The van der Waals surface area contributed by atoms with E-state index in [1.54, 1.807) is 53.2 Å². The predicted octanol–water partition coefficient (Wildman–Crippen LogP) is 4.35. The number of amides is 1. The number of hydrogen-bond donors (Lipinski definition) is 1. The lowest BCUT2D eigenvalue weighted by molar-refractivity contribution is 0.101. The first-order chi connectivity index (χ1) is 12.5. The second-order valence-corrected chi connectivity index (χ2v) is 6.26. The summed E-state index contributed by atoms with van der Waals surface area (Å²) < 4.78 is 1.62. The van der Waals surface area contributed by atoms with Gasteiger partial charge in [0.2, 0.25) is 0 Å². The van der Waals surface area contributed by atoms with E-state index < -0.39 is 0 Å². The van der Waals surface area contributed by atoms with Crippen LogP contribution in [0.1, 0.15) is 39.0 Å². The molecule has 26 heavy (non-hydrogen) atoms. The molecule has 0 aliphatic heterocycles. The molecule has 1 N–H and O–H groups in total. The average Bonchev–Trinajstić information content (AvgIpc) is 3.04. The van der Waals surface area contributed by atoms with E-state index in [0.29, 0.717) is 34.1 Å². The minimum absolute atomic E-state index is 0.205. The lowest BCUT2D eigenvalue weighted by atomic mass is 10.0. The van der Waals surface area contributed by atoms with Gasteiger partial charge in [0.25, 0.3) is 5.91 Å². The maximum atomic E-state index is 12.8. The van der Waals surface area contributed by atoms with E-state index in [9.17, 15) is 9.59 Å². The standard InChI is InChI=1S/C20H18ClN3O2/c1-3-24-18(11-13(2)23-24)20(26)22-17-10-9-15(21)12-16(17)19(25)14-7-5-4-6-8-14/h4-12H,3H2,1-2H3,(H,22,26). The molecule has 132 valence electrons. The van der Waals surface area contributed by atoms with E-state index in [-0.39, 0.29) is 11.7 Å². The summed E-state index contributed by atoms with van der Waals surface area (Å²) in [6, 6.07) is 15.4. The number of aryl methyl sites for hydroxylation is 2. The van der Waals surface area contributed by atoms with Gasteiger partial charge in [0.1, 0.15) is 5.69 Å². The smallest absolute Gasteiger partial charge is 0.273 e. The number of carbonyl (C=O) groups excluding carboxylic acids is 2. The highest BCUT2D eigenvalue weighted by Gasteiger charge is 2.19. The summed E-state index contributed by atoms with van der Waals surface area (Å²) in [5, 5.41) is 7.52. The van der Waals surface area contributed by atoms with Crippen molar-refractivity contribution in [2.75, 3.05) is 5.32 Å². The van der Waals surface area contributed by atoms with Gasteiger partial charge < -0.3 is 5.32 Å². The van der Waals surface area contributed by atoms with E-state index in [1.807, 2.05) is 19.9 Å². The summed E-state index contributed by atoms with van der Waals surface area (Å²) in [7, 11) is 0. The van der Waals surface area contributed by atoms with Crippen LogP contribution in [-0.2, 0) is 6.54 Å². The maximum absolute atomic E-state index is 12.8. The largest absolute Gasteiger partial charge is 0.320 e. The van der Waals surface area contributed by atoms with Crippen molar-refractivity contribution in [3.05, 3.63) is 82.1 Å². The number of halogens is 1. The van der Waals surface area contributed by atoms with Crippen molar-refractivity contribution in [2.45, 2.75) is 20.4 Å². The Hall–Kier alpha value is -2.92. The van der Waals surface area contributed by atoms with Crippen LogP contribution in [0, 0.1) is 6.92 Å². The molecular weight excluding hydrogens is 350 g/mol. The Labute approximate surface area is 156 Å². The molecule has 0 spiro atoms. The van der Waals surface area contributed by atoms with Gasteiger partial charge in [-0.3, -0.25) is 14.3 Å². The Bertz CT molecular complexity index is 964. The molecule has 1 aromatic heterocycles. The Morgan fingerprint density at radius 2 is 1.85 bits per heavy atom. The molecule has 3 rings (SSSR count). The van der Waals surface area contributed by atoms with Crippen LogP contribution in [0.15, 0.2) is 54.6 Å². The summed E-state index contributed by atoms with van der Waals surface area (Å²) in [4.78, 5) is 25.5. The number of benzene rings is 2. The molecule has 0 unspecified atom stereocenters. The zero-order valence-electron chi connectivity index (χ0n) is 14.5. The second kappa shape index (κ2) is 7.54. The fourth-order valence-corrected chi connectivity index (χ4v) is 2.89. The van der Waals surface area contributed by atoms with Crippen molar-refractivity contribution < 1.29 is 9.59 Å². The molecule has 1 amide bonds. The first kappa shape index (κ1) is 17.9. The molecule has 5 nitrogen and oxygen atoms in total. The number of nitrogens with zero attached hydrogens (tertiary/aromatic N) is 2. The van der Waals surface area contributed by atoms with E-state index in [2.05, 4.69) is 10.4 Å². The van der Waals surface area contributed by atoms with Crippen LogP contribution in [0.4, 0.5) is 5.69 Å². The lowest BCUT2D eigenvalue weighted by Gasteiger charge is -2.12. The van der Waals surface area contributed by atoms with Crippen LogP contribution in [0.3, 0.4) is 0 Å². The number of aromatic nitrogens is 2. The molecule has 2 aromatic carbocycles. The molecule has 0 atom stereocenters. The van der Waals surface area contributed by atoms with Crippen LogP contribution < -0.4 is 5.32 Å². The topological polar surface area (TPSA) is 64.0 Å². The molecule has 1 heterocycles. The van der Waals surface area contributed by atoms with Crippen molar-refractivity contribution in [2.24, 2.45) is 0 Å². The highest BCUT2D eigenvalue weighted by molar-refractivity contribution is 6.31. The van der Waals surface area contributed by atoms with Gasteiger partial charge in [-0.15, -0.1) is 0 Å². The Balaban J connectivity index is 1.96. The second-order valence-electron chi connectivity index (χ2n) is 5.83. The maximum Gasteiger partial charge on any atom is 0.273 e. The van der Waals surface area contributed by atoms with Crippen molar-refractivity contribution in [1.29, 1.82) is 0 Å². The Morgan fingerprint density at radius 3 is 2.54 bits per heavy atom. The zero-order chi connectivity index (χ0) is 18.7. The quantitative estimate of drug-likeness (QED) is 0.682. The summed E-state index contributed by atoms with van der Waals surface area (Å²) in [5.41, 5.74) is 2.48. The number of hydrogen-bond acceptors (Lipinski definition) is 3. The van der Waals surface area contributed by atoms with E-state index >= 15 is 0 Å². The van der Waals surface area contributed by atoms with Gasteiger partial charge in [0.05, 0.1) is 11.4 Å². The van der Waals surface area contributed by atoms with Crippen molar-refractivity contribution in [3.8, 4) is 0 Å². The van der Waals surface area contributed by atoms with Gasteiger partial charge in [-0.1, -0.05) is 41.9 Å². The molecule has 0 aliphatic carbocycles. The zero-order valence-corrected chi connectivity index (χ0v) is 15.2. The van der Waals surface area contributed by atoms with E-state index in [1.165, 1.54) is 0 Å². The molecule has 0 saturated heterocycles. The van der Waals surface area contributed by atoms with E-state index in [4.69, 9.17) is 11.6 Å². The fourth-order valence-electron chi connectivity index (χ4n) is 2.71. The summed E-state index contributed by atoms with van der Waals surface area (Å²) in [6.07, 6.45) is 0. The van der Waals surface area contributed by atoms with Crippen LogP contribution in [0.25, 0.3) is 0 Å². The minimum atomic E-state index is -0.322. The molecular formula is C20H18ClN3O2. The van der Waals surface area contributed by atoms with Crippen LogP contribution in [0.5, 0.6) is 0 Å². The Kier molecular flexibility index (Phi) is 5.19. The predicted molar refractivity (Wildman–Crippen MR) is 102 cm³/mol. The summed E-state index contributed by atoms with van der Waals surface area (Å²) in [5.74, 6) is -0.527. The van der Waals surface area contributed by atoms with Crippen molar-refractivity contribution in [1.82, 2.24) is 9.78 Å². The molecule has 3 aromatic rings. The van der Waals surface area contributed by atoms with Gasteiger partial charge in [-0.25, -0.2) is 0 Å². The van der Waals surface area contributed by atoms with Crippen molar-refractivity contribution >= 4 is 29.0 Å². The number of rotatable bonds is 5. The first-order valence-corrected chi connectivity index (χ1v) is 8.62. The number of anilines is 1. The minimum Gasteiger partial charge on any atom is -0.320 e. The van der Waals surface area contributed by atoms with Crippen molar-refractivity contribution in [3.63, 3.8) is 0 Å². The number of carbonyl (C=O) groups is 2. The molecule has 0 saturated carbocycles. The van der Waals surface area contributed by atoms with E-state index in [0.717, 1.165) is 5.69 Å². The average molecular weight is 368 g/mol. The highest BCUT2D eigenvalue weighted by Crippen LogP contribution is 2.24. The molecule has 0 fully saturated rings. The molecule has 0 bridgehead atoms. The lowest BCUT2D eigenvalue weighted by Crippen LogP contribution is -2.19. The normalized spacial score (nSPS) is 10.6. The summed E-state index contributed by atoms with van der Waals surface area (Å²) in [6.45, 7) is 4.32. The monoisotopic (exact) mass is 367 g/mol. The van der Waals surface area contributed by atoms with Crippen LogP contribution in [0.2, 0.25) is 5.02 Å². The number of nitrogens with one attached hydrogen (secondary N) is 1. The van der Waals surface area contributed by atoms with Gasteiger partial charge in [0, 0.05) is 22.7 Å². The Morgan fingerprint density at radius 1 is 1.12 bits per heavy atom. The number of ketones is 1. The SMILES string of the molecule is CCn1nc(C)cc1C(=O)Nc1ccc(Cl)cc1C(=O)c1ccccc1. The van der Waals surface area contributed by atoms with Crippen LogP contribution in [-0.4, -0.2) is 21.5 Å². The van der Waals surface area contributed by atoms with Gasteiger partial charge in [-0.05, 0) is 38.1 Å². The summed E-state index contributed by atoms with van der Waals surface area (Å²) >= 11 is 6.07. The fraction of sp³-hybridized carbons (Fsp3) is 0.150. The third kappa shape index (κ3) is 3.68. The first-order valence-electron chi connectivity index (χ1n) is 8.24. The third-order valence-corrected chi connectivity index (χ3v) is 4.18. The van der Waals surface area contributed by atoms with Gasteiger partial charge in [0.15, 0.2) is 5.78 Å². The molecule has 6 heteroatoms. The molecule has 0 radical (unpaired) electrons. The van der Waals surface area contributed by atoms with Gasteiger partial charge in [-0.2, -0.15) is 5.10 Å².